The SMILES string of the molecule is CCCN1CCCN(c2nnc(Cc3ccc(F)cc3)s2)CC1=O. The molecule has 1 aromatic heterocycles. The molecular formula is C17H21FN4OS. The number of amides is 1. The molecule has 2 aromatic rings. The standard InChI is InChI=1S/C17H21FN4OS/c1-2-8-21-9-3-10-22(12-16(21)23)17-20-19-15(24-17)11-13-4-6-14(18)7-5-13/h4-7H,2-3,8-12H2,1H3. The van der Waals surface area contributed by atoms with Crippen LogP contribution in [0.15, 0.2) is 24.3 Å². The monoisotopic (exact) mass is 348 g/mol. The predicted molar refractivity (Wildman–Crippen MR) is 92.8 cm³/mol. The van der Waals surface area contributed by atoms with Gasteiger partial charge in [-0.05, 0) is 30.5 Å². The third kappa shape index (κ3) is 4.08. The van der Waals surface area contributed by atoms with Gasteiger partial charge >= 0.3 is 0 Å². The van der Waals surface area contributed by atoms with Crippen molar-refractivity contribution < 1.29 is 9.18 Å². The zero-order valence-electron chi connectivity index (χ0n) is 13.7. The van der Waals surface area contributed by atoms with E-state index in [4.69, 9.17) is 0 Å². The van der Waals surface area contributed by atoms with Crippen LogP contribution in [0.5, 0.6) is 0 Å². The summed E-state index contributed by atoms with van der Waals surface area (Å²) >= 11 is 1.50. The smallest absolute Gasteiger partial charge is 0.242 e. The van der Waals surface area contributed by atoms with Crippen molar-refractivity contribution in [3.63, 3.8) is 0 Å². The summed E-state index contributed by atoms with van der Waals surface area (Å²) in [6.07, 6.45) is 2.55. The van der Waals surface area contributed by atoms with Gasteiger partial charge < -0.3 is 9.80 Å². The van der Waals surface area contributed by atoms with Crippen molar-refractivity contribution in [2.75, 3.05) is 31.1 Å². The van der Waals surface area contributed by atoms with Crippen LogP contribution in [0, 0.1) is 5.82 Å². The molecule has 5 nitrogen and oxygen atoms in total. The first-order chi connectivity index (χ1) is 11.7. The number of aromatic nitrogens is 2. The van der Waals surface area contributed by atoms with Crippen LogP contribution in [0.4, 0.5) is 9.52 Å². The topological polar surface area (TPSA) is 49.3 Å². The van der Waals surface area contributed by atoms with Crippen molar-refractivity contribution in [3.8, 4) is 0 Å². The van der Waals surface area contributed by atoms with Gasteiger partial charge in [-0.3, -0.25) is 4.79 Å². The summed E-state index contributed by atoms with van der Waals surface area (Å²) in [6.45, 7) is 4.90. The third-order valence-corrected chi connectivity index (χ3v) is 5.01. The summed E-state index contributed by atoms with van der Waals surface area (Å²) < 4.78 is 13.0. The molecule has 0 spiro atoms. The molecule has 0 bridgehead atoms. The molecule has 128 valence electrons. The summed E-state index contributed by atoms with van der Waals surface area (Å²) in [6, 6.07) is 6.42. The van der Waals surface area contributed by atoms with E-state index < -0.39 is 0 Å². The number of hydrogen-bond donors (Lipinski definition) is 0. The van der Waals surface area contributed by atoms with E-state index in [9.17, 15) is 9.18 Å². The minimum Gasteiger partial charge on any atom is -0.341 e. The Bertz CT molecular complexity index is 688. The van der Waals surface area contributed by atoms with Crippen LogP contribution < -0.4 is 4.90 Å². The summed E-state index contributed by atoms with van der Waals surface area (Å²) in [4.78, 5) is 16.3. The van der Waals surface area contributed by atoms with E-state index in [0.29, 0.717) is 13.0 Å². The van der Waals surface area contributed by atoms with Gasteiger partial charge in [0.25, 0.3) is 0 Å². The van der Waals surface area contributed by atoms with Gasteiger partial charge in [-0.25, -0.2) is 4.39 Å². The molecule has 7 heteroatoms. The van der Waals surface area contributed by atoms with Crippen molar-refractivity contribution in [2.45, 2.75) is 26.2 Å². The average Bonchev–Trinajstić information content (AvgIpc) is 2.95. The van der Waals surface area contributed by atoms with Gasteiger partial charge in [0.1, 0.15) is 10.8 Å². The first-order valence-electron chi connectivity index (χ1n) is 8.25. The minimum absolute atomic E-state index is 0.157. The zero-order valence-corrected chi connectivity index (χ0v) is 14.6. The lowest BCUT2D eigenvalue weighted by molar-refractivity contribution is -0.129. The van der Waals surface area contributed by atoms with E-state index >= 15 is 0 Å². The number of carbonyl (C=O) groups is 1. The molecule has 0 unspecified atom stereocenters. The number of anilines is 1. The lowest BCUT2D eigenvalue weighted by Gasteiger charge is -2.20. The van der Waals surface area contributed by atoms with Crippen LogP contribution in [0.3, 0.4) is 0 Å². The highest BCUT2D eigenvalue weighted by molar-refractivity contribution is 7.15. The molecule has 0 atom stereocenters. The van der Waals surface area contributed by atoms with E-state index in [2.05, 4.69) is 17.1 Å². The van der Waals surface area contributed by atoms with Gasteiger partial charge in [-0.15, -0.1) is 10.2 Å². The number of carbonyl (C=O) groups excluding carboxylic acids is 1. The molecule has 0 saturated carbocycles. The van der Waals surface area contributed by atoms with Crippen LogP contribution in [-0.4, -0.2) is 47.2 Å². The van der Waals surface area contributed by atoms with Crippen molar-refractivity contribution in [2.24, 2.45) is 0 Å². The Morgan fingerprint density at radius 3 is 2.75 bits per heavy atom. The van der Waals surface area contributed by atoms with Crippen LogP contribution in [0.25, 0.3) is 0 Å². The van der Waals surface area contributed by atoms with Gasteiger partial charge in [0.15, 0.2) is 0 Å². The normalized spacial score (nSPS) is 15.7. The Morgan fingerprint density at radius 2 is 2.00 bits per heavy atom. The fraction of sp³-hybridized carbons (Fsp3) is 0.471. The van der Waals surface area contributed by atoms with Crippen molar-refractivity contribution >= 4 is 22.4 Å². The fourth-order valence-corrected chi connectivity index (χ4v) is 3.71. The molecule has 3 rings (SSSR count). The van der Waals surface area contributed by atoms with Crippen LogP contribution in [-0.2, 0) is 11.2 Å². The molecule has 0 radical (unpaired) electrons. The number of rotatable bonds is 5. The Kier molecular flexibility index (Phi) is 5.40. The quantitative estimate of drug-likeness (QED) is 0.834. The molecule has 24 heavy (non-hydrogen) atoms. The number of halogens is 1. The van der Waals surface area contributed by atoms with Crippen LogP contribution in [0.2, 0.25) is 0 Å². The zero-order chi connectivity index (χ0) is 16.9. The first kappa shape index (κ1) is 16.8. The van der Waals surface area contributed by atoms with E-state index in [1.165, 1.54) is 23.5 Å². The molecule has 1 aliphatic rings. The predicted octanol–water partition coefficient (Wildman–Crippen LogP) is 2.72. The van der Waals surface area contributed by atoms with Gasteiger partial charge in [-0.1, -0.05) is 30.4 Å². The maximum atomic E-state index is 13.0. The summed E-state index contributed by atoms with van der Waals surface area (Å²) in [7, 11) is 0. The first-order valence-corrected chi connectivity index (χ1v) is 9.07. The van der Waals surface area contributed by atoms with Crippen LogP contribution in [0.1, 0.15) is 30.3 Å². The largest absolute Gasteiger partial charge is 0.341 e. The Balaban J connectivity index is 1.66. The second-order valence-electron chi connectivity index (χ2n) is 5.94. The average molecular weight is 348 g/mol. The number of hydrogen-bond acceptors (Lipinski definition) is 5. The number of nitrogens with zero attached hydrogens (tertiary/aromatic N) is 4. The summed E-state index contributed by atoms with van der Waals surface area (Å²) in [5.41, 5.74) is 1.00. The molecule has 2 heterocycles. The summed E-state index contributed by atoms with van der Waals surface area (Å²) in [5.74, 6) is -0.0824. The van der Waals surface area contributed by atoms with E-state index in [1.807, 2.05) is 9.80 Å². The molecule has 1 amide bonds. The van der Waals surface area contributed by atoms with Crippen molar-refractivity contribution in [1.29, 1.82) is 0 Å². The maximum Gasteiger partial charge on any atom is 0.242 e. The minimum atomic E-state index is -0.239. The van der Waals surface area contributed by atoms with E-state index in [0.717, 1.165) is 48.2 Å². The highest BCUT2D eigenvalue weighted by Gasteiger charge is 2.23. The highest BCUT2D eigenvalue weighted by atomic mass is 32.1. The van der Waals surface area contributed by atoms with Gasteiger partial charge in [0, 0.05) is 26.1 Å². The molecule has 0 N–H and O–H groups in total. The molecular weight excluding hydrogens is 327 g/mol. The Morgan fingerprint density at radius 1 is 1.21 bits per heavy atom. The van der Waals surface area contributed by atoms with Gasteiger partial charge in [-0.2, -0.15) is 0 Å². The van der Waals surface area contributed by atoms with Crippen LogP contribution >= 0.6 is 11.3 Å². The van der Waals surface area contributed by atoms with Crippen molar-refractivity contribution in [3.05, 3.63) is 40.7 Å². The van der Waals surface area contributed by atoms with E-state index in [-0.39, 0.29) is 11.7 Å². The van der Waals surface area contributed by atoms with Gasteiger partial charge in [0.2, 0.25) is 11.0 Å². The van der Waals surface area contributed by atoms with Crippen molar-refractivity contribution in [1.82, 2.24) is 15.1 Å². The Hall–Kier alpha value is -2.02. The molecule has 1 saturated heterocycles. The maximum absolute atomic E-state index is 13.0. The molecule has 1 fully saturated rings. The molecule has 1 aliphatic heterocycles. The summed E-state index contributed by atoms with van der Waals surface area (Å²) in [5, 5.41) is 10.1. The lowest BCUT2D eigenvalue weighted by atomic mass is 10.2. The highest BCUT2D eigenvalue weighted by Crippen LogP contribution is 2.24. The Labute approximate surface area is 145 Å². The van der Waals surface area contributed by atoms with E-state index in [1.54, 1.807) is 12.1 Å². The third-order valence-electron chi connectivity index (χ3n) is 4.02. The van der Waals surface area contributed by atoms with Gasteiger partial charge in [0.05, 0.1) is 6.54 Å². The second-order valence-corrected chi connectivity index (χ2v) is 6.98. The molecule has 1 aromatic carbocycles. The molecule has 0 aliphatic carbocycles. The fourth-order valence-electron chi connectivity index (χ4n) is 2.81. The second kappa shape index (κ2) is 7.70. The number of benzene rings is 1. The lowest BCUT2D eigenvalue weighted by Crippen LogP contribution is -2.37.